The SMILES string of the molecule is CCOC(=O)/C=C/COc1cnn(C(C)C)c1. The molecule has 1 rings (SSSR count). The van der Waals surface area contributed by atoms with E-state index < -0.39 is 0 Å². The third kappa shape index (κ3) is 4.72. The van der Waals surface area contributed by atoms with Crippen molar-refractivity contribution < 1.29 is 14.3 Å². The summed E-state index contributed by atoms with van der Waals surface area (Å²) in [7, 11) is 0. The Hall–Kier alpha value is -1.78. The van der Waals surface area contributed by atoms with Crippen molar-refractivity contribution in [3.8, 4) is 5.75 Å². The van der Waals surface area contributed by atoms with Crippen molar-refractivity contribution in [3.05, 3.63) is 24.5 Å². The second-order valence-electron chi connectivity index (χ2n) is 3.72. The maximum atomic E-state index is 11.0. The molecule has 94 valence electrons. The van der Waals surface area contributed by atoms with Crippen molar-refractivity contribution >= 4 is 5.97 Å². The third-order valence-corrected chi connectivity index (χ3v) is 1.99. The van der Waals surface area contributed by atoms with Crippen LogP contribution in [0.5, 0.6) is 5.75 Å². The number of hydrogen-bond acceptors (Lipinski definition) is 4. The molecule has 0 bridgehead atoms. The van der Waals surface area contributed by atoms with Gasteiger partial charge in [0.05, 0.1) is 19.0 Å². The van der Waals surface area contributed by atoms with Crippen LogP contribution >= 0.6 is 0 Å². The zero-order chi connectivity index (χ0) is 12.7. The van der Waals surface area contributed by atoms with Crippen LogP contribution in [0.2, 0.25) is 0 Å². The van der Waals surface area contributed by atoms with Crippen LogP contribution in [-0.2, 0) is 9.53 Å². The first-order valence-electron chi connectivity index (χ1n) is 5.63. The topological polar surface area (TPSA) is 53.4 Å². The molecule has 0 aromatic carbocycles. The first-order chi connectivity index (χ1) is 8.13. The van der Waals surface area contributed by atoms with E-state index in [2.05, 4.69) is 5.10 Å². The van der Waals surface area contributed by atoms with Gasteiger partial charge in [-0.3, -0.25) is 4.68 Å². The fourth-order valence-electron chi connectivity index (χ4n) is 1.16. The van der Waals surface area contributed by atoms with Crippen LogP contribution in [0.15, 0.2) is 24.5 Å². The molecular formula is C12H18N2O3. The van der Waals surface area contributed by atoms with Gasteiger partial charge in [0.2, 0.25) is 0 Å². The molecule has 0 saturated heterocycles. The summed E-state index contributed by atoms with van der Waals surface area (Å²) in [6, 6.07) is 0.308. The molecule has 0 atom stereocenters. The highest BCUT2D eigenvalue weighted by Crippen LogP contribution is 2.11. The Morgan fingerprint density at radius 2 is 2.35 bits per heavy atom. The Balaban J connectivity index is 2.33. The van der Waals surface area contributed by atoms with Crippen molar-refractivity contribution in [3.63, 3.8) is 0 Å². The molecule has 1 aromatic heterocycles. The molecule has 17 heavy (non-hydrogen) atoms. The predicted molar refractivity (Wildman–Crippen MR) is 63.9 cm³/mol. The fraction of sp³-hybridized carbons (Fsp3) is 0.500. The molecule has 0 fully saturated rings. The number of aromatic nitrogens is 2. The average molecular weight is 238 g/mol. The number of carbonyl (C=O) groups excluding carboxylic acids is 1. The highest BCUT2D eigenvalue weighted by molar-refractivity contribution is 5.81. The summed E-state index contributed by atoms with van der Waals surface area (Å²) in [6.07, 6.45) is 6.45. The van der Waals surface area contributed by atoms with Gasteiger partial charge < -0.3 is 9.47 Å². The third-order valence-electron chi connectivity index (χ3n) is 1.99. The molecular weight excluding hydrogens is 220 g/mol. The number of nitrogens with zero attached hydrogens (tertiary/aromatic N) is 2. The minimum absolute atomic E-state index is 0.308. The molecule has 0 amide bonds. The Labute approximate surface area is 101 Å². The summed E-state index contributed by atoms with van der Waals surface area (Å²) in [5.41, 5.74) is 0. The van der Waals surface area contributed by atoms with E-state index in [0.29, 0.717) is 25.0 Å². The second-order valence-corrected chi connectivity index (χ2v) is 3.72. The Morgan fingerprint density at radius 3 is 2.94 bits per heavy atom. The van der Waals surface area contributed by atoms with Crippen LogP contribution in [0.4, 0.5) is 0 Å². The lowest BCUT2D eigenvalue weighted by atomic mass is 10.4. The lowest BCUT2D eigenvalue weighted by Crippen LogP contribution is -2.01. The van der Waals surface area contributed by atoms with Gasteiger partial charge in [-0.2, -0.15) is 5.10 Å². The van der Waals surface area contributed by atoms with Gasteiger partial charge in [-0.1, -0.05) is 0 Å². The molecule has 0 radical (unpaired) electrons. The summed E-state index contributed by atoms with van der Waals surface area (Å²) in [5, 5.41) is 4.13. The van der Waals surface area contributed by atoms with Gasteiger partial charge in [0.25, 0.3) is 0 Å². The van der Waals surface area contributed by atoms with Crippen LogP contribution in [0.3, 0.4) is 0 Å². The van der Waals surface area contributed by atoms with Crippen LogP contribution in [0, 0.1) is 0 Å². The van der Waals surface area contributed by atoms with Crippen LogP contribution in [0.25, 0.3) is 0 Å². The molecule has 0 spiro atoms. The first-order valence-corrected chi connectivity index (χ1v) is 5.63. The van der Waals surface area contributed by atoms with Gasteiger partial charge in [-0.15, -0.1) is 0 Å². The molecule has 1 aromatic rings. The number of esters is 1. The van der Waals surface area contributed by atoms with Crippen molar-refractivity contribution in [2.24, 2.45) is 0 Å². The van der Waals surface area contributed by atoms with Gasteiger partial charge in [0.1, 0.15) is 6.61 Å². The van der Waals surface area contributed by atoms with Gasteiger partial charge in [-0.05, 0) is 26.8 Å². The zero-order valence-corrected chi connectivity index (χ0v) is 10.4. The molecule has 0 N–H and O–H groups in total. The maximum absolute atomic E-state index is 11.0. The number of ether oxygens (including phenoxy) is 2. The zero-order valence-electron chi connectivity index (χ0n) is 10.4. The molecule has 1 heterocycles. The minimum atomic E-state index is -0.353. The summed E-state index contributed by atoms with van der Waals surface area (Å²) < 4.78 is 11.9. The molecule has 0 unspecified atom stereocenters. The van der Waals surface area contributed by atoms with E-state index in [1.54, 1.807) is 19.2 Å². The minimum Gasteiger partial charge on any atom is -0.486 e. The number of rotatable bonds is 6. The molecule has 0 aliphatic rings. The summed E-state index contributed by atoms with van der Waals surface area (Å²) in [6.45, 7) is 6.55. The van der Waals surface area contributed by atoms with Gasteiger partial charge >= 0.3 is 5.97 Å². The van der Waals surface area contributed by atoms with Crippen LogP contribution in [0.1, 0.15) is 26.8 Å². The fourth-order valence-corrected chi connectivity index (χ4v) is 1.16. The van der Waals surface area contributed by atoms with Crippen molar-refractivity contribution in [1.29, 1.82) is 0 Å². The van der Waals surface area contributed by atoms with E-state index >= 15 is 0 Å². The molecule has 5 heteroatoms. The summed E-state index contributed by atoms with van der Waals surface area (Å²) in [5.74, 6) is 0.334. The Bertz CT molecular complexity index is 383. The smallest absolute Gasteiger partial charge is 0.330 e. The second kappa shape index (κ2) is 6.73. The molecule has 0 aliphatic heterocycles. The van der Waals surface area contributed by atoms with Crippen molar-refractivity contribution in [1.82, 2.24) is 9.78 Å². The molecule has 0 aliphatic carbocycles. The van der Waals surface area contributed by atoms with E-state index in [1.165, 1.54) is 6.08 Å². The van der Waals surface area contributed by atoms with E-state index in [9.17, 15) is 4.79 Å². The average Bonchev–Trinajstić information content (AvgIpc) is 2.73. The first kappa shape index (κ1) is 13.3. The van der Waals surface area contributed by atoms with Crippen molar-refractivity contribution in [2.45, 2.75) is 26.8 Å². The number of carbonyl (C=O) groups is 1. The Morgan fingerprint density at radius 1 is 1.59 bits per heavy atom. The highest BCUT2D eigenvalue weighted by Gasteiger charge is 2.01. The number of hydrogen-bond donors (Lipinski definition) is 0. The van der Waals surface area contributed by atoms with Crippen LogP contribution < -0.4 is 4.74 Å². The Kier molecular flexibility index (Phi) is 5.26. The van der Waals surface area contributed by atoms with E-state index in [-0.39, 0.29) is 5.97 Å². The lowest BCUT2D eigenvalue weighted by molar-refractivity contribution is -0.137. The quantitative estimate of drug-likeness (QED) is 0.561. The summed E-state index contributed by atoms with van der Waals surface area (Å²) >= 11 is 0. The monoisotopic (exact) mass is 238 g/mol. The van der Waals surface area contributed by atoms with Crippen LogP contribution in [-0.4, -0.2) is 29.0 Å². The highest BCUT2D eigenvalue weighted by atomic mass is 16.5. The summed E-state index contributed by atoms with van der Waals surface area (Å²) in [4.78, 5) is 11.0. The van der Waals surface area contributed by atoms with E-state index in [1.807, 2.05) is 24.7 Å². The van der Waals surface area contributed by atoms with Gasteiger partial charge in [-0.25, -0.2) is 4.79 Å². The van der Waals surface area contributed by atoms with Gasteiger partial charge in [0.15, 0.2) is 5.75 Å². The van der Waals surface area contributed by atoms with Gasteiger partial charge in [0, 0.05) is 12.1 Å². The van der Waals surface area contributed by atoms with E-state index in [4.69, 9.17) is 9.47 Å². The largest absolute Gasteiger partial charge is 0.486 e. The predicted octanol–water partition coefficient (Wildman–Crippen LogP) is 1.96. The maximum Gasteiger partial charge on any atom is 0.330 e. The normalized spacial score (nSPS) is 11.1. The molecule has 5 nitrogen and oxygen atoms in total. The standard InChI is InChI=1S/C12H18N2O3/c1-4-16-12(15)6-5-7-17-11-8-13-14(9-11)10(2)3/h5-6,8-10H,4,7H2,1-3H3/b6-5+. The van der Waals surface area contributed by atoms with Crippen molar-refractivity contribution in [2.75, 3.05) is 13.2 Å². The molecule has 0 saturated carbocycles. The van der Waals surface area contributed by atoms with E-state index in [0.717, 1.165) is 0 Å². The lowest BCUT2D eigenvalue weighted by Gasteiger charge is -2.03.